The van der Waals surface area contributed by atoms with Crippen molar-refractivity contribution in [1.82, 2.24) is 14.9 Å². The minimum atomic E-state index is -5.12. The monoisotopic (exact) mass is 524 g/mol. The largest absolute Gasteiger partial charge is 0.491 e. The summed E-state index contributed by atoms with van der Waals surface area (Å²) in [5, 5.41) is 3.68. The number of likely N-dealkylation sites (tertiary alicyclic amines) is 1. The highest BCUT2D eigenvalue weighted by Gasteiger charge is 2.41. The van der Waals surface area contributed by atoms with Gasteiger partial charge in [0.05, 0.1) is 10.9 Å². The van der Waals surface area contributed by atoms with Crippen LogP contribution in [0, 0.1) is 0 Å². The molecule has 1 N–H and O–H groups in total. The Balaban J connectivity index is 1.75. The van der Waals surface area contributed by atoms with Gasteiger partial charge in [-0.2, -0.15) is 13.2 Å². The van der Waals surface area contributed by atoms with Gasteiger partial charge in [0.2, 0.25) is 0 Å². The minimum Gasteiger partial charge on any atom is -0.489 e. The van der Waals surface area contributed by atoms with E-state index in [1.807, 2.05) is 31.3 Å². The van der Waals surface area contributed by atoms with Crippen molar-refractivity contribution in [2.24, 2.45) is 0 Å². The highest BCUT2D eigenvalue weighted by molar-refractivity contribution is 9.10. The zero-order chi connectivity index (χ0) is 23.6. The van der Waals surface area contributed by atoms with E-state index >= 15 is 0 Å². The van der Waals surface area contributed by atoms with E-state index in [0.717, 1.165) is 36.1 Å². The molecule has 4 rings (SSSR count). The van der Waals surface area contributed by atoms with Crippen LogP contribution in [0.15, 0.2) is 47.2 Å². The molecular formula is C22H20BrF3N4O3. The Morgan fingerprint density at radius 1 is 1.18 bits per heavy atom. The Kier molecular flexibility index (Phi) is 6.71. The molecule has 2 aromatic carbocycles. The number of piperidine rings is 1. The topological polar surface area (TPSA) is 76.6 Å². The maximum Gasteiger partial charge on any atom is 0.491 e. The van der Waals surface area contributed by atoms with Gasteiger partial charge in [-0.25, -0.2) is 14.8 Å². The van der Waals surface area contributed by atoms with Crippen molar-refractivity contribution in [3.8, 4) is 11.5 Å². The lowest BCUT2D eigenvalue weighted by atomic mass is 10.1. The lowest BCUT2D eigenvalue weighted by Crippen LogP contribution is -2.35. The third-order valence-electron chi connectivity index (χ3n) is 5.16. The fraction of sp³-hybridized carbons (Fsp3) is 0.318. The van der Waals surface area contributed by atoms with Crippen molar-refractivity contribution in [3.05, 3.63) is 47.2 Å². The molecule has 7 nitrogen and oxygen atoms in total. The van der Waals surface area contributed by atoms with Crippen LogP contribution < -0.4 is 14.8 Å². The zero-order valence-corrected chi connectivity index (χ0v) is 19.1. The van der Waals surface area contributed by atoms with Gasteiger partial charge in [-0.05, 0) is 38.1 Å². The molecule has 1 aliphatic rings. The van der Waals surface area contributed by atoms with Crippen LogP contribution in [0.1, 0.15) is 12.8 Å². The molecule has 0 aliphatic carbocycles. The number of fused-ring (bicyclic) bond motifs is 1. The van der Waals surface area contributed by atoms with Crippen LogP contribution in [-0.2, 0) is 4.79 Å². The third kappa shape index (κ3) is 5.72. The van der Waals surface area contributed by atoms with Gasteiger partial charge in [-0.15, -0.1) is 0 Å². The number of rotatable bonds is 5. The second-order valence-corrected chi connectivity index (χ2v) is 8.60. The second kappa shape index (κ2) is 9.52. The van der Waals surface area contributed by atoms with E-state index in [9.17, 15) is 18.0 Å². The van der Waals surface area contributed by atoms with Crippen LogP contribution >= 0.6 is 15.9 Å². The first-order valence-electron chi connectivity index (χ1n) is 10.1. The molecule has 1 saturated heterocycles. The van der Waals surface area contributed by atoms with Gasteiger partial charge in [0.15, 0.2) is 0 Å². The van der Waals surface area contributed by atoms with Crippen LogP contribution in [0.25, 0.3) is 10.9 Å². The first kappa shape index (κ1) is 23.2. The molecule has 0 spiro atoms. The van der Waals surface area contributed by atoms with E-state index in [-0.39, 0.29) is 23.1 Å². The number of nitrogens with one attached hydrogen (secondary N) is 1. The molecule has 33 heavy (non-hydrogen) atoms. The molecule has 0 atom stereocenters. The Hall–Kier alpha value is -2.92. The van der Waals surface area contributed by atoms with Crippen molar-refractivity contribution in [2.45, 2.75) is 25.1 Å². The SMILES string of the molecule is CN1CCC(Oc2cc(OC(=O)C(F)(F)F)cc3ncnc(Nc4cccc(Br)c4)c23)CC1. The van der Waals surface area contributed by atoms with Gasteiger partial charge in [0.25, 0.3) is 0 Å². The van der Waals surface area contributed by atoms with Crippen molar-refractivity contribution < 1.29 is 27.4 Å². The molecule has 1 fully saturated rings. The summed E-state index contributed by atoms with van der Waals surface area (Å²) in [5.41, 5.74) is 1.01. The van der Waals surface area contributed by atoms with Crippen molar-refractivity contribution in [1.29, 1.82) is 0 Å². The molecule has 0 bridgehead atoms. The predicted molar refractivity (Wildman–Crippen MR) is 120 cm³/mol. The summed E-state index contributed by atoms with van der Waals surface area (Å²) < 4.78 is 49.9. The fourth-order valence-electron chi connectivity index (χ4n) is 3.53. The number of alkyl halides is 3. The molecule has 0 unspecified atom stereocenters. The molecule has 0 radical (unpaired) electrons. The van der Waals surface area contributed by atoms with Crippen LogP contribution in [0.4, 0.5) is 24.7 Å². The van der Waals surface area contributed by atoms with E-state index in [1.165, 1.54) is 18.5 Å². The first-order valence-corrected chi connectivity index (χ1v) is 10.9. The second-order valence-electron chi connectivity index (χ2n) is 7.68. The lowest BCUT2D eigenvalue weighted by Gasteiger charge is -2.29. The highest BCUT2D eigenvalue weighted by Crippen LogP contribution is 2.37. The Bertz CT molecular complexity index is 1170. The number of benzene rings is 2. The Labute approximate surface area is 196 Å². The molecule has 0 saturated carbocycles. The van der Waals surface area contributed by atoms with Crippen molar-refractivity contribution in [3.63, 3.8) is 0 Å². The molecular weight excluding hydrogens is 505 g/mol. The third-order valence-corrected chi connectivity index (χ3v) is 5.66. The van der Waals surface area contributed by atoms with Gasteiger partial charge in [0.1, 0.15) is 29.7 Å². The Morgan fingerprint density at radius 3 is 2.64 bits per heavy atom. The summed E-state index contributed by atoms with van der Waals surface area (Å²) >= 11 is 3.42. The summed E-state index contributed by atoms with van der Waals surface area (Å²) in [6.07, 6.45) is -2.52. The number of hydrogen-bond donors (Lipinski definition) is 1. The smallest absolute Gasteiger partial charge is 0.489 e. The first-order chi connectivity index (χ1) is 15.7. The average Bonchev–Trinajstić information content (AvgIpc) is 2.75. The minimum absolute atomic E-state index is 0.156. The zero-order valence-electron chi connectivity index (χ0n) is 17.5. The number of hydrogen-bond acceptors (Lipinski definition) is 7. The quantitative estimate of drug-likeness (QED) is 0.368. The maximum absolute atomic E-state index is 12.7. The number of halogens is 4. The van der Waals surface area contributed by atoms with Crippen molar-refractivity contribution in [2.75, 3.05) is 25.5 Å². The molecule has 11 heteroatoms. The normalized spacial score (nSPS) is 15.4. The van der Waals surface area contributed by atoms with E-state index in [0.29, 0.717) is 11.2 Å². The molecule has 0 amide bonds. The number of esters is 1. The van der Waals surface area contributed by atoms with E-state index in [2.05, 4.69) is 40.9 Å². The number of ether oxygens (including phenoxy) is 2. The van der Waals surface area contributed by atoms with E-state index in [4.69, 9.17) is 4.74 Å². The summed E-state index contributed by atoms with van der Waals surface area (Å²) in [6, 6.07) is 9.95. The molecule has 1 aliphatic heterocycles. The van der Waals surface area contributed by atoms with Gasteiger partial charge in [-0.1, -0.05) is 22.0 Å². The van der Waals surface area contributed by atoms with Gasteiger partial charge in [0, 0.05) is 35.4 Å². The Morgan fingerprint density at radius 2 is 1.94 bits per heavy atom. The van der Waals surface area contributed by atoms with Gasteiger partial charge in [-0.3, -0.25) is 0 Å². The standard InChI is InChI=1S/C22H20BrF3N4O3/c1-30-7-5-15(6-8-30)32-18-11-16(33-21(31)22(24,25)26)10-17-19(18)20(28-12-27-17)29-14-4-2-3-13(23)9-14/h2-4,9-12,15H,5-8H2,1H3,(H,27,28,29). The summed E-state index contributed by atoms with van der Waals surface area (Å²) in [6.45, 7) is 1.65. The van der Waals surface area contributed by atoms with Crippen LogP contribution in [0.5, 0.6) is 11.5 Å². The summed E-state index contributed by atoms with van der Waals surface area (Å²) in [7, 11) is 2.01. The molecule has 3 aromatic rings. The van der Waals surface area contributed by atoms with Crippen LogP contribution in [0.2, 0.25) is 0 Å². The fourth-order valence-corrected chi connectivity index (χ4v) is 3.93. The van der Waals surface area contributed by atoms with Crippen LogP contribution in [-0.4, -0.2) is 53.3 Å². The van der Waals surface area contributed by atoms with Gasteiger partial charge < -0.3 is 19.7 Å². The van der Waals surface area contributed by atoms with Crippen molar-refractivity contribution >= 4 is 44.3 Å². The maximum atomic E-state index is 12.7. The average molecular weight is 525 g/mol. The molecule has 174 valence electrons. The number of nitrogens with zero attached hydrogens (tertiary/aromatic N) is 3. The van der Waals surface area contributed by atoms with Gasteiger partial charge >= 0.3 is 12.1 Å². The summed E-state index contributed by atoms with van der Waals surface area (Å²) in [5.74, 6) is -1.96. The predicted octanol–water partition coefficient (Wildman–Crippen LogP) is 5.08. The number of anilines is 2. The van der Waals surface area contributed by atoms with E-state index < -0.39 is 12.1 Å². The number of aromatic nitrogens is 2. The van der Waals surface area contributed by atoms with E-state index in [1.54, 1.807) is 0 Å². The highest BCUT2D eigenvalue weighted by atomic mass is 79.9. The number of carbonyl (C=O) groups is 1. The number of carbonyl (C=O) groups excluding carboxylic acids is 1. The molecule has 2 heterocycles. The summed E-state index contributed by atoms with van der Waals surface area (Å²) in [4.78, 5) is 22.1. The molecule has 1 aromatic heterocycles. The van der Waals surface area contributed by atoms with Crippen LogP contribution in [0.3, 0.4) is 0 Å². The lowest BCUT2D eigenvalue weighted by molar-refractivity contribution is -0.189.